The number of carbonyl (C=O) groups excluding carboxylic acids is 1. The summed E-state index contributed by atoms with van der Waals surface area (Å²) in [5.41, 5.74) is 2.30. The second-order valence-corrected chi connectivity index (χ2v) is 7.14. The maximum Gasteiger partial charge on any atom is 0.140 e. The van der Waals surface area contributed by atoms with Gasteiger partial charge in [-0.05, 0) is 41.5 Å². The number of rotatable bonds is 3. The Labute approximate surface area is 142 Å². The van der Waals surface area contributed by atoms with Crippen molar-refractivity contribution in [3.8, 4) is 0 Å². The summed E-state index contributed by atoms with van der Waals surface area (Å²) in [5, 5.41) is 0. The first-order chi connectivity index (χ1) is 11.7. The van der Waals surface area contributed by atoms with Crippen LogP contribution in [0.5, 0.6) is 0 Å². The molecule has 0 aromatic heterocycles. The highest BCUT2D eigenvalue weighted by Crippen LogP contribution is 2.43. The molecule has 0 spiro atoms. The number of ketones is 1. The van der Waals surface area contributed by atoms with Crippen LogP contribution in [-0.4, -0.2) is 23.8 Å². The van der Waals surface area contributed by atoms with Gasteiger partial charge in [-0.25, -0.2) is 4.39 Å². The summed E-state index contributed by atoms with van der Waals surface area (Å²) >= 11 is 0. The van der Waals surface area contributed by atoms with E-state index in [1.54, 1.807) is 12.1 Å². The number of benzene rings is 2. The number of nitrogens with zero attached hydrogens (tertiary/aromatic N) is 1. The molecule has 1 aliphatic carbocycles. The second-order valence-electron chi connectivity index (χ2n) is 7.14. The smallest absolute Gasteiger partial charge is 0.140 e. The van der Waals surface area contributed by atoms with Crippen molar-refractivity contribution < 1.29 is 9.18 Å². The van der Waals surface area contributed by atoms with Gasteiger partial charge in [0.25, 0.3) is 0 Å². The van der Waals surface area contributed by atoms with Gasteiger partial charge in [-0.3, -0.25) is 9.69 Å². The number of fused-ring (bicyclic) bond motifs is 1. The quantitative estimate of drug-likeness (QED) is 0.850. The molecule has 0 bridgehead atoms. The number of carbonyl (C=O) groups is 1. The molecule has 1 saturated carbocycles. The van der Waals surface area contributed by atoms with Crippen molar-refractivity contribution in [1.82, 2.24) is 4.90 Å². The summed E-state index contributed by atoms with van der Waals surface area (Å²) in [6.07, 6.45) is 1.65. The maximum atomic E-state index is 13.2. The summed E-state index contributed by atoms with van der Waals surface area (Å²) in [5.74, 6) is 0.951. The fourth-order valence-electron chi connectivity index (χ4n) is 4.47. The van der Waals surface area contributed by atoms with Gasteiger partial charge >= 0.3 is 0 Å². The Balaban J connectivity index is 1.54. The predicted octanol–water partition coefficient (Wildman–Crippen LogP) is 4.02. The van der Waals surface area contributed by atoms with E-state index in [0.29, 0.717) is 24.0 Å². The third kappa shape index (κ3) is 3.01. The van der Waals surface area contributed by atoms with Gasteiger partial charge in [-0.15, -0.1) is 0 Å². The van der Waals surface area contributed by atoms with Crippen LogP contribution in [0.1, 0.15) is 29.9 Å². The van der Waals surface area contributed by atoms with Crippen LogP contribution in [0.3, 0.4) is 0 Å². The third-order valence-electron chi connectivity index (χ3n) is 5.58. The monoisotopic (exact) mass is 323 g/mol. The minimum atomic E-state index is -0.240. The van der Waals surface area contributed by atoms with Crippen LogP contribution in [0.2, 0.25) is 0 Å². The van der Waals surface area contributed by atoms with Gasteiger partial charge in [0.2, 0.25) is 0 Å². The molecule has 1 aliphatic heterocycles. The highest BCUT2D eigenvalue weighted by atomic mass is 19.1. The SMILES string of the molecule is O=C1CCC2CN(Cc3ccccc3)C[C@@H]2C1c1ccc(F)cc1. The van der Waals surface area contributed by atoms with E-state index in [1.807, 2.05) is 6.07 Å². The summed E-state index contributed by atoms with van der Waals surface area (Å²) in [4.78, 5) is 15.0. The normalized spacial score (nSPS) is 27.2. The molecule has 2 aliphatic rings. The van der Waals surface area contributed by atoms with Crippen molar-refractivity contribution in [2.24, 2.45) is 11.8 Å². The molecule has 1 heterocycles. The van der Waals surface area contributed by atoms with E-state index < -0.39 is 0 Å². The van der Waals surface area contributed by atoms with Gasteiger partial charge in [0.1, 0.15) is 11.6 Å². The van der Waals surface area contributed by atoms with E-state index in [-0.39, 0.29) is 11.7 Å². The van der Waals surface area contributed by atoms with E-state index in [1.165, 1.54) is 17.7 Å². The molecule has 0 radical (unpaired) electrons. The van der Waals surface area contributed by atoms with Crippen molar-refractivity contribution in [2.75, 3.05) is 13.1 Å². The van der Waals surface area contributed by atoms with Gasteiger partial charge in [0.15, 0.2) is 0 Å². The van der Waals surface area contributed by atoms with Crippen LogP contribution in [0.25, 0.3) is 0 Å². The van der Waals surface area contributed by atoms with Crippen molar-refractivity contribution >= 4 is 5.78 Å². The molecule has 0 N–H and O–H groups in total. The standard InChI is InChI=1S/C21H22FNO/c22-18-9-6-16(7-10-18)21-19-14-23(12-15-4-2-1-3-5-15)13-17(19)8-11-20(21)24/h1-7,9-10,17,19,21H,8,11-14H2/t17?,19-,21?/m0/s1. The van der Waals surface area contributed by atoms with E-state index in [2.05, 4.69) is 29.2 Å². The van der Waals surface area contributed by atoms with Crippen LogP contribution >= 0.6 is 0 Å². The average Bonchev–Trinajstić information content (AvgIpc) is 2.99. The molecule has 124 valence electrons. The average molecular weight is 323 g/mol. The Morgan fingerprint density at radius 1 is 1.00 bits per heavy atom. The minimum Gasteiger partial charge on any atom is -0.299 e. The molecule has 2 fully saturated rings. The number of likely N-dealkylation sites (tertiary alicyclic amines) is 1. The molecule has 0 amide bonds. The highest BCUT2D eigenvalue weighted by Gasteiger charge is 2.44. The van der Waals surface area contributed by atoms with E-state index in [0.717, 1.165) is 31.6 Å². The summed E-state index contributed by atoms with van der Waals surface area (Å²) in [6.45, 7) is 2.95. The molecule has 2 nitrogen and oxygen atoms in total. The molecular weight excluding hydrogens is 301 g/mol. The lowest BCUT2D eigenvalue weighted by Crippen LogP contribution is -2.32. The van der Waals surface area contributed by atoms with Crippen molar-refractivity contribution in [3.63, 3.8) is 0 Å². The highest BCUT2D eigenvalue weighted by molar-refractivity contribution is 5.87. The zero-order valence-corrected chi connectivity index (χ0v) is 13.7. The summed E-state index contributed by atoms with van der Waals surface area (Å²) in [6, 6.07) is 17.0. The Hall–Kier alpha value is -2.00. The largest absolute Gasteiger partial charge is 0.299 e. The first-order valence-electron chi connectivity index (χ1n) is 8.75. The Morgan fingerprint density at radius 3 is 2.50 bits per heavy atom. The topological polar surface area (TPSA) is 20.3 Å². The zero-order valence-electron chi connectivity index (χ0n) is 13.7. The number of halogens is 1. The van der Waals surface area contributed by atoms with Crippen LogP contribution in [0.15, 0.2) is 54.6 Å². The van der Waals surface area contributed by atoms with Gasteiger partial charge < -0.3 is 0 Å². The van der Waals surface area contributed by atoms with E-state index >= 15 is 0 Å². The van der Waals surface area contributed by atoms with Crippen molar-refractivity contribution in [1.29, 1.82) is 0 Å². The lowest BCUT2D eigenvalue weighted by Gasteiger charge is -2.32. The second kappa shape index (κ2) is 6.48. The number of hydrogen-bond donors (Lipinski definition) is 0. The molecule has 2 aromatic rings. The number of Topliss-reactive ketones (excluding diaryl/α,β-unsaturated/α-hetero) is 1. The zero-order chi connectivity index (χ0) is 16.5. The minimum absolute atomic E-state index is 0.0647. The number of hydrogen-bond acceptors (Lipinski definition) is 2. The predicted molar refractivity (Wildman–Crippen MR) is 92.1 cm³/mol. The van der Waals surface area contributed by atoms with Gasteiger partial charge in [-0.1, -0.05) is 42.5 Å². The molecule has 4 rings (SSSR count). The van der Waals surface area contributed by atoms with Crippen LogP contribution in [-0.2, 0) is 11.3 Å². The van der Waals surface area contributed by atoms with E-state index in [9.17, 15) is 9.18 Å². The molecule has 1 saturated heterocycles. The summed E-state index contributed by atoms with van der Waals surface area (Å²) in [7, 11) is 0. The van der Waals surface area contributed by atoms with Gasteiger partial charge in [0.05, 0.1) is 0 Å². The fourth-order valence-corrected chi connectivity index (χ4v) is 4.47. The molecule has 2 unspecified atom stereocenters. The first-order valence-corrected chi connectivity index (χ1v) is 8.75. The van der Waals surface area contributed by atoms with Gasteiger partial charge in [0, 0.05) is 32.0 Å². The van der Waals surface area contributed by atoms with Crippen molar-refractivity contribution in [2.45, 2.75) is 25.3 Å². The summed E-state index contributed by atoms with van der Waals surface area (Å²) < 4.78 is 13.2. The lowest BCUT2D eigenvalue weighted by atomic mass is 9.70. The van der Waals surface area contributed by atoms with Gasteiger partial charge in [-0.2, -0.15) is 0 Å². The maximum absolute atomic E-state index is 13.2. The molecule has 3 atom stereocenters. The first kappa shape index (κ1) is 15.5. The van der Waals surface area contributed by atoms with Crippen LogP contribution in [0, 0.1) is 17.7 Å². The lowest BCUT2D eigenvalue weighted by molar-refractivity contribution is -0.124. The molecule has 3 heteroatoms. The molecule has 24 heavy (non-hydrogen) atoms. The van der Waals surface area contributed by atoms with E-state index in [4.69, 9.17) is 0 Å². The van der Waals surface area contributed by atoms with Crippen molar-refractivity contribution in [3.05, 3.63) is 71.5 Å². The molecular formula is C21H22FNO. The van der Waals surface area contributed by atoms with Crippen LogP contribution < -0.4 is 0 Å². The third-order valence-corrected chi connectivity index (χ3v) is 5.58. The Kier molecular flexibility index (Phi) is 4.19. The fraction of sp³-hybridized carbons (Fsp3) is 0.381. The van der Waals surface area contributed by atoms with Crippen LogP contribution in [0.4, 0.5) is 4.39 Å². The Bertz CT molecular complexity index is 712. The molecule has 2 aromatic carbocycles. The Morgan fingerprint density at radius 2 is 1.75 bits per heavy atom.